The minimum absolute atomic E-state index is 0.0578. The number of likely N-dealkylation sites (tertiary alicyclic amines) is 2. The number of carbonyl (C=O) groups excluding carboxylic acids is 2. The standard InChI is InChI=1S/C20H22N4O2S/c25-19(13-1-2-13)24-11-15(14-4-8-27-12-14)16-10-23(7-3-18(16)24)20(26)17-9-21-5-6-22-17/h4-6,8-9,12-13,15-16,18H,1-3,7,10-11H2/t15-,16-,18-/m0/s1. The Morgan fingerprint density at radius 1 is 1.15 bits per heavy atom. The second kappa shape index (κ2) is 6.71. The van der Waals surface area contributed by atoms with E-state index in [4.69, 9.17) is 0 Å². The van der Waals surface area contributed by atoms with Crippen LogP contribution >= 0.6 is 11.3 Å². The third-order valence-corrected chi connectivity index (χ3v) is 6.88. The molecule has 0 spiro atoms. The minimum atomic E-state index is -0.0578. The molecule has 27 heavy (non-hydrogen) atoms. The number of thiophene rings is 1. The predicted molar refractivity (Wildman–Crippen MR) is 101 cm³/mol. The van der Waals surface area contributed by atoms with Crippen molar-refractivity contribution in [3.8, 4) is 0 Å². The summed E-state index contributed by atoms with van der Waals surface area (Å²) in [6.45, 7) is 2.13. The minimum Gasteiger partial charge on any atom is -0.338 e. The highest BCUT2D eigenvalue weighted by molar-refractivity contribution is 7.08. The van der Waals surface area contributed by atoms with Crippen LogP contribution in [0.5, 0.6) is 0 Å². The Morgan fingerprint density at radius 2 is 2.04 bits per heavy atom. The first-order valence-corrected chi connectivity index (χ1v) is 10.5. The van der Waals surface area contributed by atoms with E-state index < -0.39 is 0 Å². The van der Waals surface area contributed by atoms with Gasteiger partial charge in [0.15, 0.2) is 0 Å². The summed E-state index contributed by atoms with van der Waals surface area (Å²) < 4.78 is 0. The van der Waals surface area contributed by atoms with E-state index in [0.717, 1.165) is 25.8 Å². The van der Waals surface area contributed by atoms with Crippen LogP contribution in [0.4, 0.5) is 0 Å². The van der Waals surface area contributed by atoms with Crippen LogP contribution in [0.2, 0.25) is 0 Å². The third-order valence-electron chi connectivity index (χ3n) is 6.18. The summed E-state index contributed by atoms with van der Waals surface area (Å²) in [7, 11) is 0. The zero-order valence-corrected chi connectivity index (χ0v) is 15.8. The lowest BCUT2D eigenvalue weighted by atomic mass is 9.82. The van der Waals surface area contributed by atoms with Gasteiger partial charge in [-0.05, 0) is 41.7 Å². The fraction of sp³-hybridized carbons (Fsp3) is 0.500. The molecule has 140 valence electrons. The van der Waals surface area contributed by atoms with Gasteiger partial charge in [0.2, 0.25) is 5.91 Å². The van der Waals surface area contributed by atoms with Gasteiger partial charge in [0.25, 0.3) is 5.91 Å². The van der Waals surface area contributed by atoms with Crippen LogP contribution in [0.25, 0.3) is 0 Å². The molecule has 3 fully saturated rings. The molecule has 4 heterocycles. The molecule has 2 aromatic heterocycles. The van der Waals surface area contributed by atoms with Crippen molar-refractivity contribution in [1.29, 1.82) is 0 Å². The van der Waals surface area contributed by atoms with Gasteiger partial charge in [0.05, 0.1) is 6.20 Å². The zero-order valence-electron chi connectivity index (χ0n) is 15.0. The Bertz CT molecular complexity index is 837. The number of piperidine rings is 1. The van der Waals surface area contributed by atoms with Gasteiger partial charge in [-0.2, -0.15) is 11.3 Å². The largest absolute Gasteiger partial charge is 0.338 e. The summed E-state index contributed by atoms with van der Waals surface area (Å²) in [5.41, 5.74) is 1.70. The molecule has 1 aliphatic carbocycles. The first-order valence-electron chi connectivity index (χ1n) is 9.60. The average Bonchev–Trinajstić information content (AvgIpc) is 3.29. The van der Waals surface area contributed by atoms with Gasteiger partial charge in [0.1, 0.15) is 5.69 Å². The van der Waals surface area contributed by atoms with Gasteiger partial charge in [-0.25, -0.2) is 4.98 Å². The highest BCUT2D eigenvalue weighted by Crippen LogP contribution is 2.44. The molecule has 0 aromatic carbocycles. The number of rotatable bonds is 3. The Labute approximate surface area is 162 Å². The van der Waals surface area contributed by atoms with Crippen molar-refractivity contribution in [1.82, 2.24) is 19.8 Å². The van der Waals surface area contributed by atoms with Crippen molar-refractivity contribution < 1.29 is 9.59 Å². The zero-order chi connectivity index (χ0) is 18.4. The summed E-state index contributed by atoms with van der Waals surface area (Å²) in [6, 6.07) is 2.41. The highest BCUT2D eigenvalue weighted by atomic mass is 32.1. The van der Waals surface area contributed by atoms with Crippen LogP contribution in [0, 0.1) is 11.8 Å². The van der Waals surface area contributed by atoms with E-state index in [1.165, 1.54) is 11.8 Å². The van der Waals surface area contributed by atoms with E-state index in [0.29, 0.717) is 30.6 Å². The molecule has 0 N–H and O–H groups in total. The van der Waals surface area contributed by atoms with Crippen LogP contribution in [0.15, 0.2) is 35.4 Å². The molecule has 6 nitrogen and oxygen atoms in total. The number of hydrogen-bond donors (Lipinski definition) is 0. The maximum absolute atomic E-state index is 12.9. The van der Waals surface area contributed by atoms with E-state index in [1.807, 2.05) is 4.90 Å². The first kappa shape index (κ1) is 16.9. The van der Waals surface area contributed by atoms with Crippen LogP contribution in [-0.2, 0) is 4.79 Å². The fourth-order valence-electron chi connectivity index (χ4n) is 4.65. The predicted octanol–water partition coefficient (Wildman–Crippen LogP) is 2.40. The molecule has 7 heteroatoms. The lowest BCUT2D eigenvalue weighted by molar-refractivity contribution is -0.134. The molecule has 2 aliphatic heterocycles. The van der Waals surface area contributed by atoms with Crippen molar-refractivity contribution in [3.05, 3.63) is 46.7 Å². The van der Waals surface area contributed by atoms with Crippen LogP contribution in [-0.4, -0.2) is 57.3 Å². The van der Waals surface area contributed by atoms with Gasteiger partial charge in [-0.3, -0.25) is 14.6 Å². The summed E-state index contributed by atoms with van der Waals surface area (Å²) in [6.07, 6.45) is 7.58. The molecule has 1 saturated carbocycles. The fourth-order valence-corrected chi connectivity index (χ4v) is 5.37. The second-order valence-corrected chi connectivity index (χ2v) is 8.57. The average molecular weight is 382 g/mol. The smallest absolute Gasteiger partial charge is 0.274 e. The molecular weight excluding hydrogens is 360 g/mol. The number of carbonyl (C=O) groups is 2. The van der Waals surface area contributed by atoms with E-state index >= 15 is 0 Å². The van der Waals surface area contributed by atoms with E-state index in [-0.39, 0.29) is 23.8 Å². The Balaban J connectivity index is 1.40. The molecule has 3 aliphatic rings. The number of fused-ring (bicyclic) bond motifs is 1. The van der Waals surface area contributed by atoms with E-state index in [9.17, 15) is 9.59 Å². The van der Waals surface area contributed by atoms with Crippen LogP contribution < -0.4 is 0 Å². The van der Waals surface area contributed by atoms with Crippen LogP contribution in [0.1, 0.15) is 41.2 Å². The van der Waals surface area contributed by atoms with Crippen molar-refractivity contribution in [2.45, 2.75) is 31.2 Å². The summed E-state index contributed by atoms with van der Waals surface area (Å²) in [5, 5.41) is 4.29. The summed E-state index contributed by atoms with van der Waals surface area (Å²) >= 11 is 1.70. The summed E-state index contributed by atoms with van der Waals surface area (Å²) in [4.78, 5) is 37.9. The lowest BCUT2D eigenvalue weighted by Crippen LogP contribution is -2.50. The SMILES string of the molecule is O=C(c1cnccn1)N1CC[C@H]2[C@@H](C1)[C@H](c1ccsc1)CN2C(=O)C1CC1. The molecular formula is C20H22N4O2S. The number of aromatic nitrogens is 2. The molecule has 5 rings (SSSR count). The van der Waals surface area contributed by atoms with Crippen molar-refractivity contribution in [2.75, 3.05) is 19.6 Å². The van der Waals surface area contributed by atoms with Crippen LogP contribution in [0.3, 0.4) is 0 Å². The maximum atomic E-state index is 12.9. The third kappa shape index (κ3) is 3.04. The maximum Gasteiger partial charge on any atom is 0.274 e. The van der Waals surface area contributed by atoms with Gasteiger partial charge < -0.3 is 9.80 Å². The molecule has 2 aromatic rings. The lowest BCUT2D eigenvalue weighted by Gasteiger charge is -2.38. The Morgan fingerprint density at radius 3 is 2.74 bits per heavy atom. The normalized spacial score (nSPS) is 27.5. The Kier molecular flexibility index (Phi) is 4.19. The Hall–Kier alpha value is -2.28. The first-order chi connectivity index (χ1) is 13.2. The molecule has 2 saturated heterocycles. The van der Waals surface area contributed by atoms with E-state index in [1.54, 1.807) is 23.7 Å². The number of hydrogen-bond acceptors (Lipinski definition) is 5. The topological polar surface area (TPSA) is 66.4 Å². The van der Waals surface area contributed by atoms with Gasteiger partial charge in [0, 0.05) is 55.8 Å². The molecule has 0 unspecified atom stereocenters. The monoisotopic (exact) mass is 382 g/mol. The molecule has 0 radical (unpaired) electrons. The number of amides is 2. The summed E-state index contributed by atoms with van der Waals surface area (Å²) in [5.74, 6) is 1.11. The van der Waals surface area contributed by atoms with Crippen molar-refractivity contribution in [2.24, 2.45) is 11.8 Å². The van der Waals surface area contributed by atoms with E-state index in [2.05, 4.69) is 31.7 Å². The van der Waals surface area contributed by atoms with Gasteiger partial charge >= 0.3 is 0 Å². The molecule has 2 amide bonds. The molecule has 3 atom stereocenters. The van der Waals surface area contributed by atoms with Crippen molar-refractivity contribution >= 4 is 23.2 Å². The molecule has 0 bridgehead atoms. The van der Waals surface area contributed by atoms with Gasteiger partial charge in [-0.15, -0.1) is 0 Å². The van der Waals surface area contributed by atoms with Gasteiger partial charge in [-0.1, -0.05) is 0 Å². The number of nitrogens with zero attached hydrogens (tertiary/aromatic N) is 4. The second-order valence-electron chi connectivity index (χ2n) is 7.79. The quantitative estimate of drug-likeness (QED) is 0.818. The van der Waals surface area contributed by atoms with Crippen molar-refractivity contribution in [3.63, 3.8) is 0 Å². The highest BCUT2D eigenvalue weighted by Gasteiger charge is 2.50.